The Balaban J connectivity index is 2.10. The minimum absolute atomic E-state index is 0.342. The van der Waals surface area contributed by atoms with E-state index in [4.69, 9.17) is 15.6 Å². The van der Waals surface area contributed by atoms with Crippen LogP contribution in [0.2, 0.25) is 0 Å². The van der Waals surface area contributed by atoms with Gasteiger partial charge >= 0.3 is 6.09 Å². The number of methoxy groups -OCH3 is 1. The van der Waals surface area contributed by atoms with E-state index in [1.807, 2.05) is 24.3 Å². The Morgan fingerprint density at radius 2 is 2.00 bits per heavy atom. The highest BCUT2D eigenvalue weighted by molar-refractivity contribution is 5.67. The Morgan fingerprint density at radius 1 is 1.44 bits per heavy atom. The maximum absolute atomic E-state index is 10.7. The Labute approximate surface area is 93.4 Å². The molecule has 16 heavy (non-hydrogen) atoms. The zero-order valence-corrected chi connectivity index (χ0v) is 9.01. The van der Waals surface area contributed by atoms with E-state index in [0.717, 1.165) is 11.3 Å². The summed E-state index contributed by atoms with van der Waals surface area (Å²) in [5, 5.41) is 8.74. The predicted octanol–water partition coefficient (Wildman–Crippen LogP) is 0.843. The van der Waals surface area contributed by atoms with Crippen LogP contribution in [0, 0.1) is 0 Å². The average Bonchev–Trinajstić information content (AvgIpc) is 2.24. The Kier molecular flexibility index (Phi) is 2.47. The van der Waals surface area contributed by atoms with Gasteiger partial charge in [0, 0.05) is 13.1 Å². The summed E-state index contributed by atoms with van der Waals surface area (Å²) < 4.78 is 5.05. The number of benzene rings is 1. The average molecular weight is 222 g/mol. The van der Waals surface area contributed by atoms with Gasteiger partial charge in [-0.05, 0) is 17.7 Å². The number of hydrogen-bond acceptors (Lipinski definition) is 3. The van der Waals surface area contributed by atoms with Crippen LogP contribution >= 0.6 is 0 Å². The second-order valence-corrected chi connectivity index (χ2v) is 4.02. The lowest BCUT2D eigenvalue weighted by molar-refractivity contribution is 0.0625. The maximum atomic E-state index is 10.7. The molecule has 0 saturated carbocycles. The Bertz CT molecular complexity index is 396. The van der Waals surface area contributed by atoms with Gasteiger partial charge in [-0.25, -0.2) is 4.79 Å². The molecule has 86 valence electrons. The fraction of sp³-hybridized carbons (Fsp3) is 0.364. The van der Waals surface area contributed by atoms with E-state index in [9.17, 15) is 4.79 Å². The highest BCUT2D eigenvalue weighted by Gasteiger charge is 2.43. The molecule has 3 N–H and O–H groups in total. The molecule has 5 nitrogen and oxygen atoms in total. The molecular formula is C11H14N2O3. The predicted molar refractivity (Wildman–Crippen MR) is 58.5 cm³/mol. The minimum atomic E-state index is -0.922. The number of rotatable bonds is 2. The summed E-state index contributed by atoms with van der Waals surface area (Å²) in [6, 6.07) is 7.40. The quantitative estimate of drug-likeness (QED) is 0.777. The SMILES string of the molecule is COc1ccc(C2(N)CN(C(=O)O)C2)cc1. The molecule has 1 amide bonds. The molecule has 1 aromatic carbocycles. The van der Waals surface area contributed by atoms with Gasteiger partial charge < -0.3 is 20.5 Å². The summed E-state index contributed by atoms with van der Waals surface area (Å²) in [5.41, 5.74) is 6.48. The normalized spacial score (nSPS) is 17.8. The number of nitrogens with zero attached hydrogens (tertiary/aromatic N) is 1. The van der Waals surface area contributed by atoms with E-state index in [2.05, 4.69) is 0 Å². The zero-order chi connectivity index (χ0) is 11.8. The van der Waals surface area contributed by atoms with Crippen molar-refractivity contribution < 1.29 is 14.6 Å². The first-order chi connectivity index (χ1) is 7.55. The van der Waals surface area contributed by atoms with Crippen LogP contribution in [0.1, 0.15) is 5.56 Å². The number of amides is 1. The molecule has 1 saturated heterocycles. The van der Waals surface area contributed by atoms with Gasteiger partial charge in [-0.15, -0.1) is 0 Å². The van der Waals surface area contributed by atoms with Crippen molar-refractivity contribution in [2.45, 2.75) is 5.54 Å². The minimum Gasteiger partial charge on any atom is -0.497 e. The second kappa shape index (κ2) is 3.68. The lowest BCUT2D eigenvalue weighted by Crippen LogP contribution is -2.65. The van der Waals surface area contributed by atoms with Crippen LogP contribution in [0.15, 0.2) is 24.3 Å². The number of hydrogen-bond donors (Lipinski definition) is 2. The van der Waals surface area contributed by atoms with Gasteiger partial charge in [-0.2, -0.15) is 0 Å². The second-order valence-electron chi connectivity index (χ2n) is 4.02. The van der Waals surface area contributed by atoms with Gasteiger partial charge in [0.1, 0.15) is 5.75 Å². The van der Waals surface area contributed by atoms with Crippen LogP contribution in [0.3, 0.4) is 0 Å². The number of likely N-dealkylation sites (tertiary alicyclic amines) is 1. The fourth-order valence-electron chi connectivity index (χ4n) is 1.88. The molecule has 0 unspecified atom stereocenters. The van der Waals surface area contributed by atoms with Gasteiger partial charge in [0.2, 0.25) is 0 Å². The van der Waals surface area contributed by atoms with Crippen LogP contribution in [-0.2, 0) is 5.54 Å². The molecule has 0 atom stereocenters. The van der Waals surface area contributed by atoms with Crippen molar-refractivity contribution in [3.63, 3.8) is 0 Å². The molecule has 1 aliphatic rings. The molecule has 0 aromatic heterocycles. The maximum Gasteiger partial charge on any atom is 0.407 e. The lowest BCUT2D eigenvalue weighted by Gasteiger charge is -2.46. The van der Waals surface area contributed by atoms with E-state index in [1.54, 1.807) is 7.11 Å². The zero-order valence-electron chi connectivity index (χ0n) is 9.01. The molecule has 1 aliphatic heterocycles. The molecule has 1 heterocycles. The first kappa shape index (κ1) is 10.8. The highest BCUT2D eigenvalue weighted by Crippen LogP contribution is 2.30. The first-order valence-electron chi connectivity index (χ1n) is 4.96. The number of nitrogens with two attached hydrogens (primary N) is 1. The molecule has 0 spiro atoms. The third kappa shape index (κ3) is 1.69. The first-order valence-corrected chi connectivity index (χ1v) is 4.96. The third-order valence-electron chi connectivity index (χ3n) is 2.88. The topological polar surface area (TPSA) is 75.8 Å². The Morgan fingerprint density at radius 3 is 2.44 bits per heavy atom. The molecular weight excluding hydrogens is 208 g/mol. The smallest absolute Gasteiger partial charge is 0.407 e. The summed E-state index contributed by atoms with van der Waals surface area (Å²) in [6.07, 6.45) is -0.922. The largest absolute Gasteiger partial charge is 0.497 e. The standard InChI is InChI=1S/C11H14N2O3/c1-16-9-4-2-8(3-5-9)11(12)6-13(7-11)10(14)15/h2-5H,6-7,12H2,1H3,(H,14,15). The van der Waals surface area contributed by atoms with Crippen molar-refractivity contribution in [1.29, 1.82) is 0 Å². The summed E-state index contributed by atoms with van der Waals surface area (Å²) in [7, 11) is 1.60. The highest BCUT2D eigenvalue weighted by atomic mass is 16.5. The van der Waals surface area contributed by atoms with Crippen molar-refractivity contribution in [2.75, 3.05) is 20.2 Å². The summed E-state index contributed by atoms with van der Waals surface area (Å²) >= 11 is 0. The van der Waals surface area contributed by atoms with E-state index in [0.29, 0.717) is 13.1 Å². The van der Waals surface area contributed by atoms with Crippen LogP contribution in [0.4, 0.5) is 4.79 Å². The Hall–Kier alpha value is -1.75. The summed E-state index contributed by atoms with van der Waals surface area (Å²) in [5.74, 6) is 0.766. The van der Waals surface area contributed by atoms with Crippen LogP contribution < -0.4 is 10.5 Å². The molecule has 0 bridgehead atoms. The van der Waals surface area contributed by atoms with Gasteiger partial charge in [0.15, 0.2) is 0 Å². The van der Waals surface area contributed by atoms with E-state index in [-0.39, 0.29) is 0 Å². The van der Waals surface area contributed by atoms with Crippen molar-refractivity contribution in [3.8, 4) is 5.75 Å². The molecule has 2 rings (SSSR count). The third-order valence-corrected chi connectivity index (χ3v) is 2.88. The van der Waals surface area contributed by atoms with Crippen molar-refractivity contribution >= 4 is 6.09 Å². The van der Waals surface area contributed by atoms with Gasteiger partial charge in [0.25, 0.3) is 0 Å². The van der Waals surface area contributed by atoms with E-state index >= 15 is 0 Å². The van der Waals surface area contributed by atoms with Crippen molar-refractivity contribution in [3.05, 3.63) is 29.8 Å². The molecule has 1 fully saturated rings. The molecule has 0 radical (unpaired) electrons. The van der Waals surface area contributed by atoms with E-state index < -0.39 is 11.6 Å². The van der Waals surface area contributed by atoms with Crippen molar-refractivity contribution in [1.82, 2.24) is 4.90 Å². The number of carbonyl (C=O) groups is 1. The van der Waals surface area contributed by atoms with Crippen LogP contribution in [0.25, 0.3) is 0 Å². The lowest BCUT2D eigenvalue weighted by atomic mass is 9.84. The summed E-state index contributed by atoms with van der Waals surface area (Å²) in [4.78, 5) is 11.9. The number of carboxylic acid groups (broad SMARTS) is 1. The van der Waals surface area contributed by atoms with Gasteiger partial charge in [0.05, 0.1) is 12.6 Å². The van der Waals surface area contributed by atoms with Crippen LogP contribution in [0.5, 0.6) is 5.75 Å². The molecule has 1 aromatic rings. The van der Waals surface area contributed by atoms with Crippen molar-refractivity contribution in [2.24, 2.45) is 5.73 Å². The van der Waals surface area contributed by atoms with E-state index in [1.165, 1.54) is 4.90 Å². The molecule has 0 aliphatic carbocycles. The summed E-state index contributed by atoms with van der Waals surface area (Å²) in [6.45, 7) is 0.684. The monoisotopic (exact) mass is 222 g/mol. The fourth-order valence-corrected chi connectivity index (χ4v) is 1.88. The van der Waals surface area contributed by atoms with Gasteiger partial charge in [-0.1, -0.05) is 12.1 Å². The number of ether oxygens (including phenoxy) is 1. The molecule has 5 heteroatoms. The van der Waals surface area contributed by atoms with Gasteiger partial charge in [-0.3, -0.25) is 0 Å². The van der Waals surface area contributed by atoms with Crippen LogP contribution in [-0.4, -0.2) is 36.3 Å².